The monoisotopic (exact) mass is 440 g/mol. The summed E-state index contributed by atoms with van der Waals surface area (Å²) in [6.07, 6.45) is 3.60. The van der Waals surface area contributed by atoms with Gasteiger partial charge in [-0.1, -0.05) is 12.1 Å². The minimum atomic E-state index is -0.306. The first-order valence-electron chi connectivity index (χ1n) is 10.8. The number of aromatic nitrogens is 1. The lowest BCUT2D eigenvalue weighted by atomic mass is 10.2. The Morgan fingerprint density at radius 1 is 0.969 bits per heavy atom. The second kappa shape index (κ2) is 10.4. The molecule has 2 heterocycles. The highest BCUT2D eigenvalue weighted by Gasteiger charge is 2.23. The highest BCUT2D eigenvalue weighted by Crippen LogP contribution is 2.19. The van der Waals surface area contributed by atoms with Gasteiger partial charge < -0.3 is 9.47 Å². The van der Waals surface area contributed by atoms with Crippen LogP contribution in [0.2, 0.25) is 0 Å². The number of rotatable bonds is 9. The number of halogens is 2. The van der Waals surface area contributed by atoms with E-state index in [2.05, 4.69) is 4.90 Å². The van der Waals surface area contributed by atoms with Crippen molar-refractivity contribution in [2.75, 3.05) is 26.4 Å². The van der Waals surface area contributed by atoms with Crippen molar-refractivity contribution in [2.45, 2.75) is 25.5 Å². The van der Waals surface area contributed by atoms with Gasteiger partial charge in [0.15, 0.2) is 0 Å². The molecule has 5 nitrogen and oxygen atoms in total. The molecule has 1 aliphatic heterocycles. The van der Waals surface area contributed by atoms with Crippen molar-refractivity contribution in [1.82, 2.24) is 9.47 Å². The van der Waals surface area contributed by atoms with E-state index in [-0.39, 0.29) is 30.7 Å². The van der Waals surface area contributed by atoms with Crippen molar-refractivity contribution in [2.24, 2.45) is 0 Å². The molecule has 0 bridgehead atoms. The van der Waals surface area contributed by atoms with Gasteiger partial charge in [-0.05, 0) is 67.4 Å². The molecule has 2 aromatic carbocycles. The second-order valence-electron chi connectivity index (χ2n) is 7.81. The number of pyridine rings is 1. The van der Waals surface area contributed by atoms with Gasteiger partial charge in [0.25, 0.3) is 5.56 Å². The summed E-state index contributed by atoms with van der Waals surface area (Å²) in [5, 5.41) is 0. The molecule has 0 radical (unpaired) electrons. The third kappa shape index (κ3) is 5.53. The van der Waals surface area contributed by atoms with Crippen LogP contribution in [0.15, 0.2) is 71.7 Å². The molecule has 3 aromatic rings. The topological polar surface area (TPSA) is 43.7 Å². The van der Waals surface area contributed by atoms with Crippen molar-refractivity contribution in [3.05, 3.63) is 88.6 Å². The fourth-order valence-electron chi connectivity index (χ4n) is 3.86. The maximum Gasteiger partial charge on any atom is 0.258 e. The molecule has 0 unspecified atom stereocenters. The molecule has 1 atom stereocenters. The van der Waals surface area contributed by atoms with Crippen molar-refractivity contribution in [3.8, 4) is 17.2 Å². The number of hydrogen-bond donors (Lipinski definition) is 0. The van der Waals surface area contributed by atoms with E-state index in [0.717, 1.165) is 24.9 Å². The van der Waals surface area contributed by atoms with Crippen LogP contribution in [0.25, 0.3) is 5.69 Å². The number of likely N-dealkylation sites (tertiary alicyclic amines) is 1. The van der Waals surface area contributed by atoms with Crippen LogP contribution in [0.4, 0.5) is 8.78 Å². The Balaban J connectivity index is 1.32. The molecule has 0 aliphatic carbocycles. The quantitative estimate of drug-likeness (QED) is 0.496. The average Bonchev–Trinajstić information content (AvgIpc) is 3.27. The van der Waals surface area contributed by atoms with E-state index in [1.807, 2.05) is 24.3 Å². The molecule has 1 fully saturated rings. The summed E-state index contributed by atoms with van der Waals surface area (Å²) in [5.41, 5.74) is 1.31. The van der Waals surface area contributed by atoms with Crippen LogP contribution in [0.1, 0.15) is 18.4 Å². The molecule has 1 aliphatic rings. The van der Waals surface area contributed by atoms with Gasteiger partial charge in [0.2, 0.25) is 0 Å². The molecular weight excluding hydrogens is 414 g/mol. The van der Waals surface area contributed by atoms with E-state index in [1.54, 1.807) is 24.4 Å². The van der Waals surface area contributed by atoms with Gasteiger partial charge in [-0.25, -0.2) is 8.78 Å². The van der Waals surface area contributed by atoms with Gasteiger partial charge in [0.1, 0.15) is 37.2 Å². The maximum absolute atomic E-state index is 13.0. The fourth-order valence-corrected chi connectivity index (χ4v) is 3.86. The van der Waals surface area contributed by atoms with Gasteiger partial charge in [-0.2, -0.15) is 0 Å². The molecule has 1 aromatic heterocycles. The van der Waals surface area contributed by atoms with Crippen LogP contribution < -0.4 is 15.0 Å². The van der Waals surface area contributed by atoms with E-state index >= 15 is 0 Å². The van der Waals surface area contributed by atoms with Gasteiger partial charge in [0.05, 0.1) is 0 Å². The summed E-state index contributed by atoms with van der Waals surface area (Å²) in [6, 6.07) is 16.5. The smallest absolute Gasteiger partial charge is 0.258 e. The van der Waals surface area contributed by atoms with Crippen LogP contribution in [-0.4, -0.2) is 41.9 Å². The lowest BCUT2D eigenvalue weighted by Crippen LogP contribution is -2.34. The lowest BCUT2D eigenvalue weighted by molar-refractivity contribution is 0.176. The Hall–Kier alpha value is -3.19. The standard InChI is InChI=1S/C25H26F2N2O3/c26-17-22-2-1-12-28(22)14-15-31-23-9-7-21(8-10-23)29-13-11-24(16-25(29)30)32-18-19-3-5-20(27)6-4-19/h3-11,13,16,22H,1-2,12,14-15,17-18H2/t22-/m0/s1. The number of benzene rings is 2. The number of ether oxygens (including phenoxy) is 2. The van der Waals surface area contributed by atoms with Crippen molar-refractivity contribution < 1.29 is 18.3 Å². The van der Waals surface area contributed by atoms with E-state index in [9.17, 15) is 13.6 Å². The largest absolute Gasteiger partial charge is 0.492 e. The first kappa shape index (κ1) is 22.0. The SMILES string of the molecule is O=c1cc(OCc2ccc(F)cc2)ccn1-c1ccc(OCCN2CCC[C@H]2CF)cc1. The summed E-state index contributed by atoms with van der Waals surface area (Å²) in [5.74, 6) is 0.853. The summed E-state index contributed by atoms with van der Waals surface area (Å²) in [6.45, 7) is 2.06. The number of hydrogen-bond acceptors (Lipinski definition) is 4. The fraction of sp³-hybridized carbons (Fsp3) is 0.320. The van der Waals surface area contributed by atoms with Crippen LogP contribution >= 0.6 is 0 Å². The Morgan fingerprint density at radius 3 is 2.47 bits per heavy atom. The summed E-state index contributed by atoms with van der Waals surface area (Å²) >= 11 is 0. The van der Waals surface area contributed by atoms with E-state index in [4.69, 9.17) is 9.47 Å². The van der Waals surface area contributed by atoms with Crippen LogP contribution in [0.5, 0.6) is 11.5 Å². The Morgan fingerprint density at radius 2 is 1.75 bits per heavy atom. The van der Waals surface area contributed by atoms with Gasteiger partial charge in [-0.15, -0.1) is 0 Å². The van der Waals surface area contributed by atoms with Crippen molar-refractivity contribution in [1.29, 1.82) is 0 Å². The minimum absolute atomic E-state index is 0.0236. The van der Waals surface area contributed by atoms with Crippen LogP contribution in [0.3, 0.4) is 0 Å². The Kier molecular flexibility index (Phi) is 7.17. The van der Waals surface area contributed by atoms with Crippen molar-refractivity contribution >= 4 is 0 Å². The lowest BCUT2D eigenvalue weighted by Gasteiger charge is -2.21. The molecular formula is C25H26F2N2O3. The zero-order chi connectivity index (χ0) is 22.3. The van der Waals surface area contributed by atoms with E-state index in [1.165, 1.54) is 22.8 Å². The number of nitrogens with zero attached hydrogens (tertiary/aromatic N) is 2. The normalized spacial score (nSPS) is 16.2. The predicted octanol–water partition coefficient (Wildman–Crippen LogP) is 4.37. The zero-order valence-corrected chi connectivity index (χ0v) is 17.8. The van der Waals surface area contributed by atoms with Gasteiger partial charge in [0, 0.05) is 30.5 Å². The third-order valence-electron chi connectivity index (χ3n) is 5.65. The molecule has 1 saturated heterocycles. The molecule has 7 heteroatoms. The van der Waals surface area contributed by atoms with Crippen LogP contribution in [-0.2, 0) is 6.61 Å². The molecule has 168 valence electrons. The highest BCUT2D eigenvalue weighted by atomic mass is 19.1. The third-order valence-corrected chi connectivity index (χ3v) is 5.65. The summed E-state index contributed by atoms with van der Waals surface area (Å²) in [4.78, 5) is 14.7. The molecule has 0 amide bonds. The molecule has 0 spiro atoms. The molecule has 4 rings (SSSR count). The van der Waals surface area contributed by atoms with Gasteiger partial charge >= 0.3 is 0 Å². The Bertz CT molecular complexity index is 1070. The first-order valence-corrected chi connectivity index (χ1v) is 10.8. The van der Waals surface area contributed by atoms with Crippen molar-refractivity contribution in [3.63, 3.8) is 0 Å². The number of alkyl halides is 1. The molecule has 0 saturated carbocycles. The zero-order valence-electron chi connectivity index (χ0n) is 17.8. The summed E-state index contributed by atoms with van der Waals surface area (Å²) < 4.78 is 38.9. The average molecular weight is 440 g/mol. The highest BCUT2D eigenvalue weighted by molar-refractivity contribution is 5.38. The Labute approximate surface area is 185 Å². The van der Waals surface area contributed by atoms with E-state index < -0.39 is 0 Å². The summed E-state index contributed by atoms with van der Waals surface area (Å²) in [7, 11) is 0. The van der Waals surface area contributed by atoms with Crippen LogP contribution in [0, 0.1) is 5.82 Å². The molecule has 0 N–H and O–H groups in total. The first-order chi connectivity index (χ1) is 15.6. The maximum atomic E-state index is 13.0. The molecule has 32 heavy (non-hydrogen) atoms. The van der Waals surface area contributed by atoms with E-state index in [0.29, 0.717) is 30.3 Å². The van der Waals surface area contributed by atoms with Gasteiger partial charge in [-0.3, -0.25) is 14.3 Å². The predicted molar refractivity (Wildman–Crippen MR) is 119 cm³/mol. The second-order valence-corrected chi connectivity index (χ2v) is 7.81. The minimum Gasteiger partial charge on any atom is -0.492 e.